The Labute approximate surface area is 105 Å². The highest BCUT2D eigenvalue weighted by molar-refractivity contribution is 7.07. The fourth-order valence-electron chi connectivity index (χ4n) is 1.75. The second-order valence-corrected chi connectivity index (χ2v) is 4.69. The van der Waals surface area contributed by atoms with E-state index in [0.717, 1.165) is 23.7 Å². The second-order valence-electron chi connectivity index (χ2n) is 3.91. The summed E-state index contributed by atoms with van der Waals surface area (Å²) in [6.45, 7) is 0.861. The van der Waals surface area contributed by atoms with Crippen molar-refractivity contribution in [1.29, 1.82) is 0 Å². The highest BCUT2D eigenvalue weighted by Gasteiger charge is 2.07. The Morgan fingerprint density at radius 2 is 2.18 bits per heavy atom. The van der Waals surface area contributed by atoms with E-state index < -0.39 is 0 Å². The van der Waals surface area contributed by atoms with Crippen molar-refractivity contribution in [3.63, 3.8) is 0 Å². The molecule has 0 saturated carbocycles. The van der Waals surface area contributed by atoms with E-state index in [1.54, 1.807) is 18.4 Å². The second kappa shape index (κ2) is 5.10. The van der Waals surface area contributed by atoms with Crippen LogP contribution in [0.2, 0.25) is 0 Å². The first kappa shape index (κ1) is 11.8. The molecule has 0 bridgehead atoms. The number of hydrogen-bond donors (Lipinski definition) is 1. The quantitative estimate of drug-likeness (QED) is 0.845. The van der Waals surface area contributed by atoms with Crippen molar-refractivity contribution < 1.29 is 4.74 Å². The Morgan fingerprint density at radius 1 is 1.35 bits per heavy atom. The Morgan fingerprint density at radius 3 is 2.76 bits per heavy atom. The van der Waals surface area contributed by atoms with Gasteiger partial charge in [-0.1, -0.05) is 0 Å². The fraction of sp³-hybridized carbons (Fsp3) is 0.231. The SMILES string of the molecule is COc1ccc(N(C)Cc2ccsc2)c(N)c1. The van der Waals surface area contributed by atoms with Gasteiger partial charge in [0, 0.05) is 19.7 Å². The van der Waals surface area contributed by atoms with Crippen molar-refractivity contribution in [1.82, 2.24) is 0 Å². The van der Waals surface area contributed by atoms with Gasteiger partial charge < -0.3 is 15.4 Å². The molecule has 17 heavy (non-hydrogen) atoms. The Bertz CT molecular complexity index is 482. The van der Waals surface area contributed by atoms with E-state index in [9.17, 15) is 0 Å². The minimum atomic E-state index is 0.738. The summed E-state index contributed by atoms with van der Waals surface area (Å²) >= 11 is 1.71. The summed E-state index contributed by atoms with van der Waals surface area (Å²) in [5.74, 6) is 0.787. The van der Waals surface area contributed by atoms with Crippen LogP contribution in [0, 0.1) is 0 Å². The molecule has 2 rings (SSSR count). The Balaban J connectivity index is 2.16. The molecule has 0 radical (unpaired) electrons. The third-order valence-electron chi connectivity index (χ3n) is 2.65. The van der Waals surface area contributed by atoms with E-state index in [2.05, 4.69) is 21.7 Å². The van der Waals surface area contributed by atoms with Crippen molar-refractivity contribution in [3.8, 4) is 5.75 Å². The predicted octanol–water partition coefficient (Wildman–Crippen LogP) is 2.98. The average Bonchev–Trinajstić information content (AvgIpc) is 2.81. The van der Waals surface area contributed by atoms with Crippen molar-refractivity contribution in [3.05, 3.63) is 40.6 Å². The van der Waals surface area contributed by atoms with Crippen molar-refractivity contribution in [2.75, 3.05) is 24.8 Å². The van der Waals surface area contributed by atoms with Crippen molar-refractivity contribution >= 4 is 22.7 Å². The van der Waals surface area contributed by atoms with Crippen LogP contribution < -0.4 is 15.4 Å². The van der Waals surface area contributed by atoms with E-state index in [1.165, 1.54) is 5.56 Å². The number of nitrogen functional groups attached to an aromatic ring is 1. The summed E-state index contributed by atoms with van der Waals surface area (Å²) in [6.07, 6.45) is 0. The number of rotatable bonds is 4. The number of anilines is 2. The number of methoxy groups -OCH3 is 1. The molecule has 0 atom stereocenters. The summed E-state index contributed by atoms with van der Waals surface area (Å²) in [4.78, 5) is 2.14. The molecule has 2 aromatic rings. The first-order chi connectivity index (χ1) is 8.20. The number of nitrogens with zero attached hydrogens (tertiary/aromatic N) is 1. The van der Waals surface area contributed by atoms with Gasteiger partial charge in [-0.05, 0) is 34.5 Å². The molecule has 1 heterocycles. The van der Waals surface area contributed by atoms with Gasteiger partial charge in [-0.3, -0.25) is 0 Å². The highest BCUT2D eigenvalue weighted by Crippen LogP contribution is 2.27. The maximum absolute atomic E-state index is 6.01. The number of thiophene rings is 1. The van der Waals surface area contributed by atoms with Crippen LogP contribution in [-0.4, -0.2) is 14.2 Å². The molecule has 1 aromatic heterocycles. The Hall–Kier alpha value is -1.68. The standard InChI is InChI=1S/C13H16N2OS/c1-15(8-10-5-6-17-9-10)13-4-3-11(16-2)7-12(13)14/h3-7,9H,8,14H2,1-2H3. The topological polar surface area (TPSA) is 38.5 Å². The molecule has 0 fully saturated rings. The predicted molar refractivity (Wildman–Crippen MR) is 73.8 cm³/mol. The van der Waals surface area contributed by atoms with Crippen molar-refractivity contribution in [2.24, 2.45) is 0 Å². The molecule has 0 spiro atoms. The van der Waals surface area contributed by atoms with Crippen molar-refractivity contribution in [2.45, 2.75) is 6.54 Å². The lowest BCUT2D eigenvalue weighted by Crippen LogP contribution is -2.17. The first-order valence-electron chi connectivity index (χ1n) is 5.36. The molecule has 4 heteroatoms. The molecular weight excluding hydrogens is 232 g/mol. The van der Waals surface area contributed by atoms with Crippen LogP contribution in [0.1, 0.15) is 5.56 Å². The van der Waals surface area contributed by atoms with Gasteiger partial charge in [-0.25, -0.2) is 0 Å². The molecule has 3 nitrogen and oxygen atoms in total. The lowest BCUT2D eigenvalue weighted by molar-refractivity contribution is 0.415. The van der Waals surface area contributed by atoms with Crippen LogP contribution in [0.3, 0.4) is 0 Å². The fourth-order valence-corrected chi connectivity index (χ4v) is 2.41. The minimum Gasteiger partial charge on any atom is -0.497 e. The van der Waals surface area contributed by atoms with Crippen LogP contribution in [0.4, 0.5) is 11.4 Å². The van der Waals surface area contributed by atoms with Crippen LogP contribution in [0.25, 0.3) is 0 Å². The van der Waals surface area contributed by atoms with Gasteiger partial charge in [0.05, 0.1) is 18.5 Å². The van der Waals surface area contributed by atoms with Gasteiger partial charge in [0.15, 0.2) is 0 Å². The summed E-state index contributed by atoms with van der Waals surface area (Å²) in [6, 6.07) is 7.89. The lowest BCUT2D eigenvalue weighted by Gasteiger charge is -2.21. The van der Waals surface area contributed by atoms with Gasteiger partial charge >= 0.3 is 0 Å². The molecule has 2 N–H and O–H groups in total. The van der Waals surface area contributed by atoms with Crippen LogP contribution in [0.5, 0.6) is 5.75 Å². The summed E-state index contributed by atoms with van der Waals surface area (Å²) in [5.41, 5.74) is 9.07. The number of ether oxygens (including phenoxy) is 1. The van der Waals surface area contributed by atoms with Gasteiger partial charge in [0.2, 0.25) is 0 Å². The molecule has 0 saturated heterocycles. The maximum atomic E-state index is 6.01. The number of benzene rings is 1. The Kier molecular flexibility index (Phi) is 3.54. The molecule has 1 aromatic carbocycles. The molecule has 0 aliphatic carbocycles. The first-order valence-corrected chi connectivity index (χ1v) is 6.30. The third-order valence-corrected chi connectivity index (χ3v) is 3.38. The van der Waals surface area contributed by atoms with E-state index in [4.69, 9.17) is 10.5 Å². The zero-order chi connectivity index (χ0) is 12.3. The molecule has 0 aliphatic heterocycles. The lowest BCUT2D eigenvalue weighted by atomic mass is 10.2. The monoisotopic (exact) mass is 248 g/mol. The molecular formula is C13H16N2OS. The molecule has 0 amide bonds. The zero-order valence-electron chi connectivity index (χ0n) is 10.0. The smallest absolute Gasteiger partial charge is 0.121 e. The highest BCUT2D eigenvalue weighted by atomic mass is 32.1. The zero-order valence-corrected chi connectivity index (χ0v) is 10.8. The van der Waals surface area contributed by atoms with E-state index in [-0.39, 0.29) is 0 Å². The van der Waals surface area contributed by atoms with Crippen LogP contribution >= 0.6 is 11.3 Å². The third kappa shape index (κ3) is 2.71. The average molecular weight is 248 g/mol. The van der Waals surface area contributed by atoms with E-state index >= 15 is 0 Å². The summed E-state index contributed by atoms with van der Waals surface area (Å²) < 4.78 is 5.14. The number of nitrogens with two attached hydrogens (primary N) is 1. The minimum absolute atomic E-state index is 0.738. The number of hydrogen-bond acceptors (Lipinski definition) is 4. The van der Waals surface area contributed by atoms with Gasteiger partial charge in [0.25, 0.3) is 0 Å². The maximum Gasteiger partial charge on any atom is 0.121 e. The molecule has 0 unspecified atom stereocenters. The normalized spacial score (nSPS) is 10.2. The van der Waals surface area contributed by atoms with E-state index in [1.807, 2.05) is 25.2 Å². The summed E-state index contributed by atoms with van der Waals surface area (Å²) in [5, 5.41) is 4.23. The molecule has 0 aliphatic rings. The molecule has 90 valence electrons. The van der Waals surface area contributed by atoms with Gasteiger partial charge in [-0.15, -0.1) is 0 Å². The summed E-state index contributed by atoms with van der Waals surface area (Å²) in [7, 11) is 3.68. The van der Waals surface area contributed by atoms with Gasteiger partial charge in [0.1, 0.15) is 5.75 Å². The van der Waals surface area contributed by atoms with Crippen LogP contribution in [0.15, 0.2) is 35.0 Å². The van der Waals surface area contributed by atoms with Crippen LogP contribution in [-0.2, 0) is 6.54 Å². The van der Waals surface area contributed by atoms with E-state index in [0.29, 0.717) is 0 Å². The largest absolute Gasteiger partial charge is 0.497 e. The van der Waals surface area contributed by atoms with Gasteiger partial charge in [-0.2, -0.15) is 11.3 Å².